The number of hydrogen-bond acceptors (Lipinski definition) is 5. The summed E-state index contributed by atoms with van der Waals surface area (Å²) in [5, 5.41) is 7.11. The van der Waals surface area contributed by atoms with Gasteiger partial charge >= 0.3 is 0 Å². The molecule has 0 fully saturated rings. The number of hydrogen-bond donors (Lipinski definition) is 1. The smallest absolute Gasteiger partial charge is 0.242 e. The van der Waals surface area contributed by atoms with Gasteiger partial charge in [-0.15, -0.1) is 0 Å². The maximum atomic E-state index is 12.9. The average Bonchev–Trinajstić information content (AvgIpc) is 3.08. The summed E-state index contributed by atoms with van der Waals surface area (Å²) in [7, 11) is 1.77. The third-order valence-corrected chi connectivity index (χ3v) is 5.09. The number of nitrogens with one attached hydrogen (secondary N) is 1. The first-order valence-corrected chi connectivity index (χ1v) is 9.77. The number of fused-ring (bicyclic) bond motifs is 1. The Morgan fingerprint density at radius 2 is 2.00 bits per heavy atom. The van der Waals surface area contributed by atoms with Crippen molar-refractivity contribution >= 4 is 18.1 Å². The third kappa shape index (κ3) is 4.17. The van der Waals surface area contributed by atoms with Crippen LogP contribution >= 0.6 is 12.2 Å². The molecular formula is C21H22N4O3S. The minimum atomic E-state index is -0.0636. The van der Waals surface area contributed by atoms with Crippen molar-refractivity contribution in [3.05, 3.63) is 58.4 Å². The number of aromatic amines is 1. The second-order valence-corrected chi connectivity index (χ2v) is 7.42. The Hall–Kier alpha value is -3.13. The topological polar surface area (TPSA) is 72.4 Å². The lowest BCUT2D eigenvalue weighted by Gasteiger charge is -2.21. The maximum Gasteiger partial charge on any atom is 0.242 e. The van der Waals surface area contributed by atoms with Gasteiger partial charge in [-0.2, -0.15) is 5.10 Å². The molecule has 1 amide bonds. The molecule has 1 aliphatic heterocycles. The predicted octanol–water partition coefficient (Wildman–Crippen LogP) is 3.35. The van der Waals surface area contributed by atoms with Gasteiger partial charge in [-0.25, -0.2) is 0 Å². The molecule has 7 nitrogen and oxygen atoms in total. The average molecular weight is 410 g/mol. The van der Waals surface area contributed by atoms with Gasteiger partial charge in [-0.3, -0.25) is 14.5 Å². The van der Waals surface area contributed by atoms with Crippen molar-refractivity contribution in [2.75, 3.05) is 20.3 Å². The van der Waals surface area contributed by atoms with Crippen LogP contribution in [0.2, 0.25) is 0 Å². The molecule has 0 aliphatic carbocycles. The van der Waals surface area contributed by atoms with E-state index in [9.17, 15) is 4.79 Å². The standard InChI is InChI=1S/C21H22N4O3S/c1-14-4-3-5-16(10-14)20-22-23-21(29)25(20)13-19(26)24(2)12-15-6-7-17-18(11-15)28-9-8-27-17/h3-7,10-11H,8-9,12-13H2,1-2H3,(H,23,29). The Kier molecular flexibility index (Phi) is 5.35. The lowest BCUT2D eigenvalue weighted by Crippen LogP contribution is -2.30. The van der Waals surface area contributed by atoms with Crippen LogP contribution in [0.15, 0.2) is 42.5 Å². The second kappa shape index (κ2) is 8.08. The molecule has 1 N–H and O–H groups in total. The van der Waals surface area contributed by atoms with Gasteiger partial charge < -0.3 is 14.4 Å². The van der Waals surface area contributed by atoms with Crippen molar-refractivity contribution in [2.45, 2.75) is 20.0 Å². The van der Waals surface area contributed by atoms with Crippen LogP contribution in [-0.2, 0) is 17.9 Å². The number of aryl methyl sites for hydroxylation is 1. The molecule has 1 aromatic heterocycles. The molecule has 2 heterocycles. The first kappa shape index (κ1) is 19.2. The molecule has 0 unspecified atom stereocenters. The number of amides is 1. The van der Waals surface area contributed by atoms with E-state index >= 15 is 0 Å². The van der Waals surface area contributed by atoms with Crippen molar-refractivity contribution in [3.63, 3.8) is 0 Å². The van der Waals surface area contributed by atoms with E-state index in [1.54, 1.807) is 16.5 Å². The summed E-state index contributed by atoms with van der Waals surface area (Å²) in [5.41, 5.74) is 3.00. The molecule has 3 aromatic rings. The Bertz CT molecular complexity index is 1110. The van der Waals surface area contributed by atoms with Crippen LogP contribution in [0, 0.1) is 11.7 Å². The minimum absolute atomic E-state index is 0.0636. The van der Waals surface area contributed by atoms with Crippen LogP contribution in [-0.4, -0.2) is 45.8 Å². The number of carbonyl (C=O) groups excluding carboxylic acids is 1. The van der Waals surface area contributed by atoms with Gasteiger partial charge in [0.25, 0.3) is 0 Å². The first-order chi connectivity index (χ1) is 14.0. The number of ether oxygens (including phenoxy) is 2. The van der Waals surface area contributed by atoms with E-state index < -0.39 is 0 Å². The highest BCUT2D eigenvalue weighted by Gasteiger charge is 2.17. The van der Waals surface area contributed by atoms with Crippen LogP contribution in [0.4, 0.5) is 0 Å². The molecule has 29 heavy (non-hydrogen) atoms. The summed E-state index contributed by atoms with van der Waals surface area (Å²) in [4.78, 5) is 14.5. The predicted molar refractivity (Wildman–Crippen MR) is 111 cm³/mol. The van der Waals surface area contributed by atoms with Crippen LogP contribution in [0.1, 0.15) is 11.1 Å². The zero-order valence-electron chi connectivity index (χ0n) is 16.3. The van der Waals surface area contributed by atoms with Gasteiger partial charge in [0, 0.05) is 19.2 Å². The molecule has 8 heteroatoms. The van der Waals surface area contributed by atoms with Gasteiger partial charge in [-0.1, -0.05) is 29.8 Å². The van der Waals surface area contributed by atoms with Crippen LogP contribution < -0.4 is 9.47 Å². The minimum Gasteiger partial charge on any atom is -0.486 e. The molecule has 2 aromatic carbocycles. The zero-order chi connectivity index (χ0) is 20.4. The van der Waals surface area contributed by atoms with Gasteiger partial charge in [0.15, 0.2) is 22.1 Å². The molecule has 4 rings (SSSR count). The molecule has 150 valence electrons. The SMILES string of the molecule is Cc1cccc(-c2n[nH]c(=S)n2CC(=O)N(C)Cc2ccc3c(c2)OCCO3)c1. The van der Waals surface area contributed by atoms with E-state index in [0.717, 1.165) is 22.4 Å². The summed E-state index contributed by atoms with van der Waals surface area (Å²) in [6.45, 7) is 3.67. The molecule has 1 aliphatic rings. The first-order valence-electron chi connectivity index (χ1n) is 9.36. The Morgan fingerprint density at radius 1 is 1.21 bits per heavy atom. The summed E-state index contributed by atoms with van der Waals surface area (Å²) in [5.74, 6) is 2.04. The largest absolute Gasteiger partial charge is 0.486 e. The molecule has 0 radical (unpaired) electrons. The number of rotatable bonds is 5. The van der Waals surface area contributed by atoms with Crippen molar-refractivity contribution in [2.24, 2.45) is 0 Å². The van der Waals surface area contributed by atoms with E-state index in [0.29, 0.717) is 36.1 Å². The van der Waals surface area contributed by atoms with Gasteiger partial charge in [0.2, 0.25) is 5.91 Å². The van der Waals surface area contributed by atoms with Crippen LogP contribution in [0.5, 0.6) is 11.5 Å². The lowest BCUT2D eigenvalue weighted by atomic mass is 10.1. The van der Waals surface area contributed by atoms with E-state index in [-0.39, 0.29) is 12.5 Å². The maximum absolute atomic E-state index is 12.9. The monoisotopic (exact) mass is 410 g/mol. The highest BCUT2D eigenvalue weighted by Crippen LogP contribution is 2.31. The molecule has 0 saturated carbocycles. The van der Waals surface area contributed by atoms with Gasteiger partial charge in [-0.05, 0) is 42.9 Å². The highest BCUT2D eigenvalue weighted by atomic mass is 32.1. The normalized spacial score (nSPS) is 12.6. The fraction of sp³-hybridized carbons (Fsp3) is 0.286. The number of benzene rings is 2. The Labute approximate surface area is 173 Å². The summed E-state index contributed by atoms with van der Waals surface area (Å²) in [6.07, 6.45) is 0. The van der Waals surface area contributed by atoms with Crippen molar-refractivity contribution < 1.29 is 14.3 Å². The molecule has 0 atom stereocenters. The van der Waals surface area contributed by atoms with Crippen LogP contribution in [0.25, 0.3) is 11.4 Å². The van der Waals surface area contributed by atoms with Crippen molar-refractivity contribution in [3.8, 4) is 22.9 Å². The summed E-state index contributed by atoms with van der Waals surface area (Å²) in [6, 6.07) is 13.7. The van der Waals surface area contributed by atoms with E-state index in [2.05, 4.69) is 10.2 Å². The Balaban J connectivity index is 1.50. The molecule has 0 saturated heterocycles. The van der Waals surface area contributed by atoms with Crippen molar-refractivity contribution in [1.29, 1.82) is 0 Å². The number of likely N-dealkylation sites (N-methyl/N-ethyl adjacent to an activating group) is 1. The fourth-order valence-electron chi connectivity index (χ4n) is 3.27. The number of nitrogens with zero attached hydrogens (tertiary/aromatic N) is 3. The van der Waals surface area contributed by atoms with Gasteiger partial charge in [0.05, 0.1) is 0 Å². The quantitative estimate of drug-likeness (QED) is 0.653. The third-order valence-electron chi connectivity index (χ3n) is 4.78. The lowest BCUT2D eigenvalue weighted by molar-refractivity contribution is -0.131. The number of carbonyl (C=O) groups is 1. The zero-order valence-corrected chi connectivity index (χ0v) is 17.2. The van der Waals surface area contributed by atoms with E-state index in [4.69, 9.17) is 21.7 Å². The van der Waals surface area contributed by atoms with Crippen molar-refractivity contribution in [1.82, 2.24) is 19.7 Å². The second-order valence-electron chi connectivity index (χ2n) is 7.04. The Morgan fingerprint density at radius 3 is 2.79 bits per heavy atom. The summed E-state index contributed by atoms with van der Waals surface area (Å²) >= 11 is 5.35. The van der Waals surface area contributed by atoms with E-state index in [1.165, 1.54) is 0 Å². The van der Waals surface area contributed by atoms with E-state index in [1.807, 2.05) is 49.4 Å². The molecule has 0 bridgehead atoms. The molecule has 0 spiro atoms. The highest BCUT2D eigenvalue weighted by molar-refractivity contribution is 7.71. The van der Waals surface area contributed by atoms with Gasteiger partial charge in [0.1, 0.15) is 19.8 Å². The summed E-state index contributed by atoms with van der Waals surface area (Å²) < 4.78 is 13.3. The fourth-order valence-corrected chi connectivity index (χ4v) is 3.47. The molecular weight excluding hydrogens is 388 g/mol. The van der Waals surface area contributed by atoms with Crippen LogP contribution in [0.3, 0.4) is 0 Å². The number of H-pyrrole nitrogens is 1. The number of aromatic nitrogens is 3.